The average Bonchev–Trinajstić information content (AvgIpc) is 2.68. The first-order valence-corrected chi connectivity index (χ1v) is 8.84. The molecule has 116 valence electrons. The molecule has 0 saturated carbocycles. The number of rotatable bonds is 3. The number of benzene rings is 1. The molecule has 2 rings (SSSR count). The third-order valence-corrected chi connectivity index (χ3v) is 4.00. The van der Waals surface area contributed by atoms with Crippen LogP contribution in [0.1, 0.15) is 22.3 Å². The predicted octanol–water partition coefficient (Wildman–Crippen LogP) is 0.802. The number of anilines is 1. The van der Waals surface area contributed by atoms with Gasteiger partial charge in [-0.05, 0) is 37.6 Å². The van der Waals surface area contributed by atoms with Crippen molar-refractivity contribution in [3.05, 3.63) is 29.3 Å². The molecule has 1 aromatic rings. The van der Waals surface area contributed by atoms with Crippen molar-refractivity contribution in [1.29, 1.82) is 0 Å². The second-order valence-electron chi connectivity index (χ2n) is 5.30. The SMILES string of the molecule is Cc1ccc(C(=O)N2CCCNCC2)cc1NS(C)(=O)=O. The summed E-state index contributed by atoms with van der Waals surface area (Å²) in [5, 5.41) is 3.25. The van der Waals surface area contributed by atoms with Crippen molar-refractivity contribution in [2.45, 2.75) is 13.3 Å². The molecule has 1 aliphatic heterocycles. The van der Waals surface area contributed by atoms with Gasteiger partial charge in [-0.25, -0.2) is 8.42 Å². The van der Waals surface area contributed by atoms with Crippen molar-refractivity contribution in [3.63, 3.8) is 0 Å². The Morgan fingerprint density at radius 2 is 2.05 bits per heavy atom. The van der Waals surface area contributed by atoms with Gasteiger partial charge in [0.1, 0.15) is 0 Å². The van der Waals surface area contributed by atoms with E-state index in [9.17, 15) is 13.2 Å². The molecule has 1 aliphatic rings. The summed E-state index contributed by atoms with van der Waals surface area (Å²) >= 11 is 0. The van der Waals surface area contributed by atoms with Gasteiger partial charge in [-0.2, -0.15) is 0 Å². The smallest absolute Gasteiger partial charge is 0.253 e. The molecule has 0 radical (unpaired) electrons. The van der Waals surface area contributed by atoms with Gasteiger partial charge < -0.3 is 10.2 Å². The number of sulfonamides is 1. The van der Waals surface area contributed by atoms with Crippen LogP contribution in [0.15, 0.2) is 18.2 Å². The second kappa shape index (κ2) is 6.44. The van der Waals surface area contributed by atoms with Gasteiger partial charge in [-0.1, -0.05) is 6.07 Å². The molecule has 1 heterocycles. The fourth-order valence-electron chi connectivity index (χ4n) is 2.30. The Morgan fingerprint density at radius 3 is 2.76 bits per heavy atom. The van der Waals surface area contributed by atoms with Crippen LogP contribution >= 0.6 is 0 Å². The lowest BCUT2D eigenvalue weighted by molar-refractivity contribution is 0.0766. The first-order valence-electron chi connectivity index (χ1n) is 6.95. The molecule has 0 spiro atoms. The van der Waals surface area contributed by atoms with Crippen LogP contribution in [0.5, 0.6) is 0 Å². The number of carbonyl (C=O) groups excluding carboxylic acids is 1. The van der Waals surface area contributed by atoms with Crippen LogP contribution in [-0.4, -0.2) is 51.7 Å². The molecular formula is C14H21N3O3S. The molecule has 0 aromatic heterocycles. The second-order valence-corrected chi connectivity index (χ2v) is 7.05. The summed E-state index contributed by atoms with van der Waals surface area (Å²) < 4.78 is 25.2. The fraction of sp³-hybridized carbons (Fsp3) is 0.500. The molecule has 6 nitrogen and oxygen atoms in total. The molecule has 1 saturated heterocycles. The molecule has 1 fully saturated rings. The van der Waals surface area contributed by atoms with E-state index in [1.165, 1.54) is 0 Å². The van der Waals surface area contributed by atoms with Gasteiger partial charge in [0.15, 0.2) is 0 Å². The number of aryl methyl sites for hydroxylation is 1. The van der Waals surface area contributed by atoms with Crippen LogP contribution < -0.4 is 10.0 Å². The number of nitrogens with zero attached hydrogens (tertiary/aromatic N) is 1. The van der Waals surface area contributed by atoms with Gasteiger partial charge in [-0.15, -0.1) is 0 Å². The van der Waals surface area contributed by atoms with E-state index in [0.29, 0.717) is 24.3 Å². The Bertz CT molecular complexity index is 620. The molecule has 0 bridgehead atoms. The van der Waals surface area contributed by atoms with E-state index in [1.807, 2.05) is 0 Å². The summed E-state index contributed by atoms with van der Waals surface area (Å²) in [6.45, 7) is 4.89. The van der Waals surface area contributed by atoms with E-state index in [2.05, 4.69) is 10.0 Å². The zero-order valence-electron chi connectivity index (χ0n) is 12.3. The number of carbonyl (C=O) groups is 1. The summed E-state index contributed by atoms with van der Waals surface area (Å²) in [7, 11) is -3.36. The normalized spacial score (nSPS) is 16.4. The average molecular weight is 311 g/mol. The fourth-order valence-corrected chi connectivity index (χ4v) is 2.92. The first-order chi connectivity index (χ1) is 9.87. The van der Waals surface area contributed by atoms with E-state index in [-0.39, 0.29) is 5.91 Å². The van der Waals surface area contributed by atoms with Crippen LogP contribution in [0.3, 0.4) is 0 Å². The number of amides is 1. The van der Waals surface area contributed by atoms with Crippen LogP contribution in [0, 0.1) is 6.92 Å². The maximum absolute atomic E-state index is 12.5. The quantitative estimate of drug-likeness (QED) is 0.865. The van der Waals surface area contributed by atoms with E-state index in [0.717, 1.165) is 31.3 Å². The van der Waals surface area contributed by atoms with Crippen LogP contribution in [0.2, 0.25) is 0 Å². The lowest BCUT2D eigenvalue weighted by Crippen LogP contribution is -2.34. The highest BCUT2D eigenvalue weighted by molar-refractivity contribution is 7.92. The number of nitrogens with one attached hydrogen (secondary N) is 2. The van der Waals surface area contributed by atoms with E-state index in [4.69, 9.17) is 0 Å². The summed E-state index contributed by atoms with van der Waals surface area (Å²) in [6, 6.07) is 5.11. The molecule has 1 aromatic carbocycles. The molecular weight excluding hydrogens is 290 g/mol. The Balaban J connectivity index is 2.23. The third kappa shape index (κ3) is 4.44. The Labute approximate surface area is 125 Å². The highest BCUT2D eigenvalue weighted by atomic mass is 32.2. The minimum atomic E-state index is -3.36. The maximum Gasteiger partial charge on any atom is 0.253 e. The Kier molecular flexibility index (Phi) is 4.84. The number of hydrogen-bond donors (Lipinski definition) is 2. The summed E-state index contributed by atoms with van der Waals surface area (Å²) in [5.41, 5.74) is 1.75. The summed E-state index contributed by atoms with van der Waals surface area (Å²) in [4.78, 5) is 14.3. The van der Waals surface area contributed by atoms with E-state index in [1.54, 1.807) is 30.0 Å². The monoisotopic (exact) mass is 311 g/mol. The van der Waals surface area contributed by atoms with Crippen molar-refractivity contribution < 1.29 is 13.2 Å². The van der Waals surface area contributed by atoms with E-state index >= 15 is 0 Å². The van der Waals surface area contributed by atoms with E-state index < -0.39 is 10.0 Å². The van der Waals surface area contributed by atoms with Crippen molar-refractivity contribution in [2.75, 3.05) is 37.2 Å². The molecule has 0 aliphatic carbocycles. The zero-order valence-corrected chi connectivity index (χ0v) is 13.2. The van der Waals surface area contributed by atoms with Gasteiger partial charge in [0, 0.05) is 25.2 Å². The van der Waals surface area contributed by atoms with Crippen molar-refractivity contribution in [1.82, 2.24) is 10.2 Å². The Morgan fingerprint density at radius 1 is 1.29 bits per heavy atom. The van der Waals surface area contributed by atoms with Gasteiger partial charge in [-0.3, -0.25) is 9.52 Å². The van der Waals surface area contributed by atoms with Crippen molar-refractivity contribution >= 4 is 21.6 Å². The minimum absolute atomic E-state index is 0.0600. The van der Waals surface area contributed by atoms with Gasteiger partial charge >= 0.3 is 0 Å². The highest BCUT2D eigenvalue weighted by Crippen LogP contribution is 2.19. The Hall–Kier alpha value is -1.60. The zero-order chi connectivity index (χ0) is 15.5. The maximum atomic E-state index is 12.5. The van der Waals surface area contributed by atoms with Crippen molar-refractivity contribution in [3.8, 4) is 0 Å². The van der Waals surface area contributed by atoms with Crippen LogP contribution in [0.25, 0.3) is 0 Å². The molecule has 1 amide bonds. The minimum Gasteiger partial charge on any atom is -0.337 e. The lowest BCUT2D eigenvalue weighted by Gasteiger charge is -2.20. The molecule has 2 N–H and O–H groups in total. The summed E-state index contributed by atoms with van der Waals surface area (Å²) in [6.07, 6.45) is 2.02. The predicted molar refractivity (Wildman–Crippen MR) is 83.0 cm³/mol. The van der Waals surface area contributed by atoms with Gasteiger partial charge in [0.25, 0.3) is 5.91 Å². The topological polar surface area (TPSA) is 78.5 Å². The first kappa shape index (κ1) is 15.8. The largest absolute Gasteiger partial charge is 0.337 e. The van der Waals surface area contributed by atoms with Crippen LogP contribution in [0.4, 0.5) is 5.69 Å². The van der Waals surface area contributed by atoms with Crippen molar-refractivity contribution in [2.24, 2.45) is 0 Å². The standard InChI is InChI=1S/C14H21N3O3S/c1-11-4-5-12(10-13(11)16-21(2,19)20)14(18)17-8-3-6-15-7-9-17/h4-5,10,15-16H,3,6-9H2,1-2H3. The summed E-state index contributed by atoms with van der Waals surface area (Å²) in [5.74, 6) is -0.0600. The third-order valence-electron chi connectivity index (χ3n) is 3.41. The molecule has 0 unspecified atom stereocenters. The van der Waals surface area contributed by atoms with Gasteiger partial charge in [0.05, 0.1) is 11.9 Å². The van der Waals surface area contributed by atoms with Gasteiger partial charge in [0.2, 0.25) is 10.0 Å². The molecule has 0 atom stereocenters. The molecule has 21 heavy (non-hydrogen) atoms. The van der Waals surface area contributed by atoms with Crippen LogP contribution in [-0.2, 0) is 10.0 Å². The molecule has 7 heteroatoms. The number of hydrogen-bond acceptors (Lipinski definition) is 4. The lowest BCUT2D eigenvalue weighted by atomic mass is 10.1. The highest BCUT2D eigenvalue weighted by Gasteiger charge is 2.18.